The van der Waals surface area contributed by atoms with Crippen molar-refractivity contribution in [3.63, 3.8) is 0 Å². The number of carbonyl (C=O) groups is 1. The molecule has 1 aliphatic rings. The van der Waals surface area contributed by atoms with Gasteiger partial charge >= 0.3 is 0 Å². The van der Waals surface area contributed by atoms with E-state index in [1.165, 1.54) is 11.1 Å². The molecule has 0 saturated carbocycles. The van der Waals surface area contributed by atoms with Crippen LogP contribution in [0.2, 0.25) is 0 Å². The zero-order valence-corrected chi connectivity index (χ0v) is 12.0. The SMILES string of the molecule is CN(c1ccc(C(N)=O)nn1)[C@H]1CCc2ccccc2C1. The van der Waals surface area contributed by atoms with Crippen LogP contribution in [0.15, 0.2) is 36.4 Å². The van der Waals surface area contributed by atoms with E-state index in [1.54, 1.807) is 12.1 Å². The molecule has 1 amide bonds. The second-order valence-electron chi connectivity index (χ2n) is 5.42. The van der Waals surface area contributed by atoms with E-state index in [1.807, 2.05) is 7.05 Å². The third kappa shape index (κ3) is 2.72. The molecule has 21 heavy (non-hydrogen) atoms. The molecule has 0 bridgehead atoms. The fourth-order valence-electron chi connectivity index (χ4n) is 2.84. The number of carbonyl (C=O) groups excluding carboxylic acids is 1. The first-order valence-corrected chi connectivity index (χ1v) is 7.08. The van der Waals surface area contributed by atoms with E-state index in [0.29, 0.717) is 6.04 Å². The largest absolute Gasteiger partial charge is 0.364 e. The van der Waals surface area contributed by atoms with Crippen LogP contribution < -0.4 is 10.6 Å². The highest BCUT2D eigenvalue weighted by Gasteiger charge is 2.23. The molecule has 0 saturated heterocycles. The lowest BCUT2D eigenvalue weighted by molar-refractivity contribution is 0.0994. The van der Waals surface area contributed by atoms with E-state index in [9.17, 15) is 4.79 Å². The molecule has 0 unspecified atom stereocenters. The highest BCUT2D eigenvalue weighted by molar-refractivity contribution is 5.90. The van der Waals surface area contributed by atoms with E-state index >= 15 is 0 Å². The molecule has 1 atom stereocenters. The van der Waals surface area contributed by atoms with Crippen LogP contribution in [0.4, 0.5) is 5.82 Å². The lowest BCUT2D eigenvalue weighted by Crippen LogP contribution is -2.37. The second kappa shape index (κ2) is 5.52. The summed E-state index contributed by atoms with van der Waals surface area (Å²) < 4.78 is 0. The molecule has 2 N–H and O–H groups in total. The van der Waals surface area contributed by atoms with Gasteiger partial charge in [-0.05, 0) is 42.5 Å². The zero-order valence-electron chi connectivity index (χ0n) is 12.0. The number of hydrogen-bond acceptors (Lipinski definition) is 4. The molecule has 5 nitrogen and oxygen atoms in total. The molecular formula is C16H18N4O. The molecule has 0 spiro atoms. The quantitative estimate of drug-likeness (QED) is 0.927. The molecule has 5 heteroatoms. The first-order valence-electron chi connectivity index (χ1n) is 7.08. The third-order valence-electron chi connectivity index (χ3n) is 4.13. The third-order valence-corrected chi connectivity index (χ3v) is 4.13. The highest BCUT2D eigenvalue weighted by atomic mass is 16.1. The molecule has 1 aromatic carbocycles. The van der Waals surface area contributed by atoms with Gasteiger partial charge < -0.3 is 10.6 Å². The fraction of sp³-hybridized carbons (Fsp3) is 0.312. The normalized spacial score (nSPS) is 17.1. The van der Waals surface area contributed by atoms with Crippen molar-refractivity contribution >= 4 is 11.7 Å². The summed E-state index contributed by atoms with van der Waals surface area (Å²) in [6.07, 6.45) is 3.18. The van der Waals surface area contributed by atoms with E-state index in [4.69, 9.17) is 5.73 Å². The topological polar surface area (TPSA) is 72.1 Å². The van der Waals surface area contributed by atoms with Gasteiger partial charge in [-0.15, -0.1) is 10.2 Å². The number of primary amides is 1. The van der Waals surface area contributed by atoms with E-state index in [0.717, 1.165) is 25.1 Å². The van der Waals surface area contributed by atoms with Crippen LogP contribution in [-0.4, -0.2) is 29.2 Å². The van der Waals surface area contributed by atoms with Crippen molar-refractivity contribution in [1.82, 2.24) is 10.2 Å². The molecule has 3 rings (SSSR count). The van der Waals surface area contributed by atoms with Gasteiger partial charge in [0.25, 0.3) is 5.91 Å². The van der Waals surface area contributed by atoms with Crippen LogP contribution in [0, 0.1) is 0 Å². The molecule has 0 fully saturated rings. The monoisotopic (exact) mass is 282 g/mol. The van der Waals surface area contributed by atoms with Crippen LogP contribution >= 0.6 is 0 Å². The smallest absolute Gasteiger partial charge is 0.269 e. The van der Waals surface area contributed by atoms with Gasteiger partial charge in [0, 0.05) is 13.1 Å². The number of nitrogens with zero attached hydrogens (tertiary/aromatic N) is 3. The Morgan fingerprint density at radius 3 is 2.62 bits per heavy atom. The van der Waals surface area contributed by atoms with Gasteiger partial charge in [-0.1, -0.05) is 24.3 Å². The maximum atomic E-state index is 11.0. The molecule has 2 aromatic rings. The van der Waals surface area contributed by atoms with Crippen LogP contribution in [0.1, 0.15) is 28.0 Å². The Labute approximate surface area is 123 Å². The fourth-order valence-corrected chi connectivity index (χ4v) is 2.84. The van der Waals surface area contributed by atoms with Crippen molar-refractivity contribution in [3.05, 3.63) is 53.2 Å². The summed E-state index contributed by atoms with van der Waals surface area (Å²) in [6, 6.07) is 12.4. The molecule has 1 aliphatic carbocycles. The summed E-state index contributed by atoms with van der Waals surface area (Å²) in [4.78, 5) is 13.2. The van der Waals surface area contributed by atoms with Crippen LogP contribution in [-0.2, 0) is 12.8 Å². The van der Waals surface area contributed by atoms with Gasteiger partial charge in [0.1, 0.15) is 0 Å². The number of likely N-dealkylation sites (N-methyl/N-ethyl adjacent to an activating group) is 1. The maximum Gasteiger partial charge on any atom is 0.269 e. The molecule has 1 aromatic heterocycles. The molecule has 108 valence electrons. The standard InChI is InChI=1S/C16H18N4O/c1-20(15-9-8-14(16(17)21)18-19-15)13-7-6-11-4-2-3-5-12(11)10-13/h2-5,8-9,13H,6-7,10H2,1H3,(H2,17,21)/t13-/m0/s1. The number of hydrogen-bond donors (Lipinski definition) is 1. The Morgan fingerprint density at radius 2 is 1.95 bits per heavy atom. The Hall–Kier alpha value is -2.43. The molecular weight excluding hydrogens is 264 g/mol. The van der Waals surface area contributed by atoms with Crippen LogP contribution in [0.5, 0.6) is 0 Å². The molecule has 0 radical (unpaired) electrons. The summed E-state index contributed by atoms with van der Waals surface area (Å²) in [5, 5.41) is 7.98. The summed E-state index contributed by atoms with van der Waals surface area (Å²) in [6.45, 7) is 0. The van der Waals surface area contributed by atoms with Gasteiger partial charge in [0.05, 0.1) is 0 Å². The highest BCUT2D eigenvalue weighted by Crippen LogP contribution is 2.25. The number of benzene rings is 1. The zero-order chi connectivity index (χ0) is 14.8. The van der Waals surface area contributed by atoms with Crippen molar-refractivity contribution in [2.24, 2.45) is 5.73 Å². The van der Waals surface area contributed by atoms with Crippen molar-refractivity contribution in [1.29, 1.82) is 0 Å². The summed E-state index contributed by atoms with van der Waals surface area (Å²) in [7, 11) is 2.02. The minimum Gasteiger partial charge on any atom is -0.364 e. The number of rotatable bonds is 3. The Bertz CT molecular complexity index is 654. The molecule has 1 heterocycles. The number of aryl methyl sites for hydroxylation is 1. The Balaban J connectivity index is 1.77. The number of anilines is 1. The lowest BCUT2D eigenvalue weighted by atomic mass is 9.88. The minimum absolute atomic E-state index is 0.195. The minimum atomic E-state index is -0.553. The van der Waals surface area contributed by atoms with E-state index < -0.39 is 5.91 Å². The van der Waals surface area contributed by atoms with Crippen LogP contribution in [0.25, 0.3) is 0 Å². The van der Waals surface area contributed by atoms with E-state index in [2.05, 4.69) is 39.4 Å². The number of fused-ring (bicyclic) bond motifs is 1. The second-order valence-corrected chi connectivity index (χ2v) is 5.42. The van der Waals surface area contributed by atoms with Crippen molar-refractivity contribution in [2.75, 3.05) is 11.9 Å². The van der Waals surface area contributed by atoms with Crippen LogP contribution in [0.3, 0.4) is 0 Å². The van der Waals surface area contributed by atoms with Crippen molar-refractivity contribution in [3.8, 4) is 0 Å². The van der Waals surface area contributed by atoms with Gasteiger partial charge in [-0.2, -0.15) is 0 Å². The summed E-state index contributed by atoms with van der Waals surface area (Å²) in [5.41, 5.74) is 8.22. The van der Waals surface area contributed by atoms with Crippen molar-refractivity contribution in [2.45, 2.75) is 25.3 Å². The van der Waals surface area contributed by atoms with Gasteiger partial charge in [-0.25, -0.2) is 0 Å². The number of nitrogens with two attached hydrogens (primary N) is 1. The predicted octanol–water partition coefficient (Wildman–Crippen LogP) is 1.57. The van der Waals surface area contributed by atoms with E-state index in [-0.39, 0.29) is 5.69 Å². The van der Waals surface area contributed by atoms with Gasteiger partial charge in [0.15, 0.2) is 11.5 Å². The average Bonchev–Trinajstić information content (AvgIpc) is 2.54. The summed E-state index contributed by atoms with van der Waals surface area (Å²) >= 11 is 0. The van der Waals surface area contributed by atoms with Crippen molar-refractivity contribution < 1.29 is 4.79 Å². The Kier molecular flexibility index (Phi) is 3.56. The average molecular weight is 282 g/mol. The number of amides is 1. The molecule has 0 aliphatic heterocycles. The predicted molar refractivity (Wildman–Crippen MR) is 81.2 cm³/mol. The van der Waals surface area contributed by atoms with Gasteiger partial charge in [0.2, 0.25) is 0 Å². The first-order chi connectivity index (χ1) is 10.1. The summed E-state index contributed by atoms with van der Waals surface area (Å²) in [5.74, 6) is 0.215. The van der Waals surface area contributed by atoms with Gasteiger partial charge in [-0.3, -0.25) is 4.79 Å². The lowest BCUT2D eigenvalue weighted by Gasteiger charge is -2.33. The maximum absolute atomic E-state index is 11.0. The first kappa shape index (κ1) is 13.5. The number of aromatic nitrogens is 2. The Morgan fingerprint density at radius 1 is 1.19 bits per heavy atom.